The van der Waals surface area contributed by atoms with E-state index in [1.807, 2.05) is 54.1 Å². The molecule has 1 aromatic heterocycles. The summed E-state index contributed by atoms with van der Waals surface area (Å²) >= 11 is 0. The van der Waals surface area contributed by atoms with Crippen molar-refractivity contribution in [1.82, 2.24) is 15.1 Å². The number of carbonyl (C=O) groups excluding carboxylic acids is 1. The van der Waals surface area contributed by atoms with Gasteiger partial charge in [0.15, 0.2) is 0 Å². The fourth-order valence-electron chi connectivity index (χ4n) is 3.66. The maximum absolute atomic E-state index is 12.7. The van der Waals surface area contributed by atoms with Crippen LogP contribution >= 0.6 is 0 Å². The number of carbonyl (C=O) groups is 2. The number of rotatable bonds is 8. The standard InChI is InChI=1S/C23H27N3O3/c1-4-11-26-16(3)21(15(2)25-26)22(27)24-14-20(23(28)29)13-17-9-10-18-7-5-6-8-19(18)12-17/h5-10,12,20H,4,11,13-14H2,1-3H3,(H,24,27)(H,28,29). The lowest BCUT2D eigenvalue weighted by Crippen LogP contribution is -2.34. The van der Waals surface area contributed by atoms with E-state index in [0.717, 1.165) is 35.0 Å². The second-order valence-corrected chi connectivity index (χ2v) is 7.40. The van der Waals surface area contributed by atoms with E-state index in [-0.39, 0.29) is 12.5 Å². The van der Waals surface area contributed by atoms with Gasteiger partial charge in [-0.1, -0.05) is 49.4 Å². The summed E-state index contributed by atoms with van der Waals surface area (Å²) in [7, 11) is 0. The van der Waals surface area contributed by atoms with Crippen molar-refractivity contribution in [3.8, 4) is 0 Å². The molecule has 1 unspecified atom stereocenters. The number of aryl methyl sites for hydroxylation is 2. The monoisotopic (exact) mass is 393 g/mol. The zero-order chi connectivity index (χ0) is 21.0. The Kier molecular flexibility index (Phi) is 6.32. The minimum Gasteiger partial charge on any atom is -0.481 e. The summed E-state index contributed by atoms with van der Waals surface area (Å²) < 4.78 is 1.83. The molecule has 0 aliphatic rings. The van der Waals surface area contributed by atoms with Gasteiger partial charge in [0.1, 0.15) is 0 Å². The minimum absolute atomic E-state index is 0.0683. The average molecular weight is 393 g/mol. The van der Waals surface area contributed by atoms with E-state index in [9.17, 15) is 14.7 Å². The van der Waals surface area contributed by atoms with Crippen LogP contribution in [0.25, 0.3) is 10.8 Å². The molecule has 1 amide bonds. The number of amides is 1. The summed E-state index contributed by atoms with van der Waals surface area (Å²) in [5.74, 6) is -1.90. The van der Waals surface area contributed by atoms with Crippen LogP contribution in [-0.2, 0) is 17.8 Å². The molecule has 1 atom stereocenters. The zero-order valence-corrected chi connectivity index (χ0v) is 17.1. The lowest BCUT2D eigenvalue weighted by atomic mass is 9.97. The third kappa shape index (κ3) is 4.65. The van der Waals surface area contributed by atoms with Crippen LogP contribution in [0, 0.1) is 19.8 Å². The minimum atomic E-state index is -0.923. The summed E-state index contributed by atoms with van der Waals surface area (Å²) in [6.07, 6.45) is 1.28. The van der Waals surface area contributed by atoms with Crippen molar-refractivity contribution in [2.75, 3.05) is 6.54 Å². The Morgan fingerprint density at radius 3 is 2.55 bits per heavy atom. The van der Waals surface area contributed by atoms with E-state index < -0.39 is 11.9 Å². The van der Waals surface area contributed by atoms with Crippen molar-refractivity contribution in [3.63, 3.8) is 0 Å². The molecule has 0 radical (unpaired) electrons. The van der Waals surface area contributed by atoms with Crippen LogP contribution in [0.3, 0.4) is 0 Å². The SMILES string of the molecule is CCCn1nc(C)c(C(=O)NCC(Cc2ccc3ccccc3c2)C(=O)O)c1C. The fraction of sp³-hybridized carbons (Fsp3) is 0.348. The molecule has 2 aromatic carbocycles. The van der Waals surface area contributed by atoms with Gasteiger partial charge in [-0.2, -0.15) is 5.10 Å². The Bertz CT molecular complexity index is 1040. The van der Waals surface area contributed by atoms with Crippen LogP contribution in [0.2, 0.25) is 0 Å². The first-order chi connectivity index (χ1) is 13.9. The fourth-order valence-corrected chi connectivity index (χ4v) is 3.66. The van der Waals surface area contributed by atoms with Gasteiger partial charge in [-0.15, -0.1) is 0 Å². The van der Waals surface area contributed by atoms with E-state index in [1.54, 1.807) is 6.92 Å². The number of hydrogen-bond donors (Lipinski definition) is 2. The molecule has 3 rings (SSSR count). The third-order valence-corrected chi connectivity index (χ3v) is 5.20. The molecular weight excluding hydrogens is 366 g/mol. The molecule has 0 spiro atoms. The van der Waals surface area contributed by atoms with Crippen molar-refractivity contribution < 1.29 is 14.7 Å². The van der Waals surface area contributed by atoms with Crippen LogP contribution in [-0.4, -0.2) is 33.3 Å². The highest BCUT2D eigenvalue weighted by atomic mass is 16.4. The Morgan fingerprint density at radius 1 is 1.14 bits per heavy atom. The molecule has 0 fully saturated rings. The maximum Gasteiger partial charge on any atom is 0.308 e. The lowest BCUT2D eigenvalue weighted by molar-refractivity contribution is -0.141. The number of benzene rings is 2. The summed E-state index contributed by atoms with van der Waals surface area (Å²) in [6.45, 7) is 6.55. The molecule has 0 bridgehead atoms. The molecule has 0 aliphatic heterocycles. The number of aliphatic carboxylic acids is 1. The summed E-state index contributed by atoms with van der Waals surface area (Å²) in [5.41, 5.74) is 2.94. The van der Waals surface area contributed by atoms with Crippen molar-refractivity contribution in [3.05, 3.63) is 65.0 Å². The van der Waals surface area contributed by atoms with Crippen LogP contribution in [0.5, 0.6) is 0 Å². The maximum atomic E-state index is 12.7. The molecule has 152 valence electrons. The third-order valence-electron chi connectivity index (χ3n) is 5.20. The number of nitrogens with one attached hydrogen (secondary N) is 1. The lowest BCUT2D eigenvalue weighted by Gasteiger charge is -2.14. The topological polar surface area (TPSA) is 84.2 Å². The van der Waals surface area contributed by atoms with E-state index in [2.05, 4.69) is 17.3 Å². The molecule has 3 aromatic rings. The highest BCUT2D eigenvalue weighted by molar-refractivity contribution is 5.96. The molecule has 29 heavy (non-hydrogen) atoms. The zero-order valence-electron chi connectivity index (χ0n) is 17.1. The van der Waals surface area contributed by atoms with Gasteiger partial charge in [0.2, 0.25) is 0 Å². The van der Waals surface area contributed by atoms with Crippen molar-refractivity contribution in [1.29, 1.82) is 0 Å². The van der Waals surface area contributed by atoms with Crippen molar-refractivity contribution >= 4 is 22.6 Å². The molecule has 1 heterocycles. The number of fused-ring (bicyclic) bond motifs is 1. The number of hydrogen-bond acceptors (Lipinski definition) is 3. The number of aromatic nitrogens is 2. The Hall–Kier alpha value is -3.15. The smallest absolute Gasteiger partial charge is 0.308 e. The highest BCUT2D eigenvalue weighted by Gasteiger charge is 2.22. The van der Waals surface area contributed by atoms with E-state index in [1.165, 1.54) is 0 Å². The van der Waals surface area contributed by atoms with Gasteiger partial charge < -0.3 is 10.4 Å². The van der Waals surface area contributed by atoms with Crippen LogP contribution in [0.1, 0.15) is 40.7 Å². The van der Waals surface area contributed by atoms with Crippen molar-refractivity contribution in [2.45, 2.75) is 40.2 Å². The molecule has 0 aliphatic carbocycles. The van der Waals surface area contributed by atoms with Gasteiger partial charge in [0, 0.05) is 18.8 Å². The molecular formula is C23H27N3O3. The second kappa shape index (κ2) is 8.90. The molecule has 2 N–H and O–H groups in total. The normalized spacial score (nSPS) is 12.1. The van der Waals surface area contributed by atoms with Gasteiger partial charge in [-0.05, 0) is 43.0 Å². The van der Waals surface area contributed by atoms with E-state index in [4.69, 9.17) is 0 Å². The van der Waals surface area contributed by atoms with Crippen molar-refractivity contribution in [2.24, 2.45) is 5.92 Å². The number of nitrogens with zero attached hydrogens (tertiary/aromatic N) is 2. The Balaban J connectivity index is 1.71. The summed E-state index contributed by atoms with van der Waals surface area (Å²) in [4.78, 5) is 24.5. The number of carboxylic acids is 1. The molecule has 6 nitrogen and oxygen atoms in total. The van der Waals surface area contributed by atoms with Gasteiger partial charge in [-0.25, -0.2) is 0 Å². The van der Waals surface area contributed by atoms with E-state index in [0.29, 0.717) is 17.7 Å². The Labute approximate surface area is 170 Å². The van der Waals surface area contributed by atoms with Crippen LogP contribution < -0.4 is 5.32 Å². The molecule has 0 saturated heterocycles. The molecule has 0 saturated carbocycles. The average Bonchev–Trinajstić information content (AvgIpc) is 2.98. The van der Waals surface area contributed by atoms with Gasteiger partial charge in [0.25, 0.3) is 5.91 Å². The number of carboxylic acid groups (broad SMARTS) is 1. The first-order valence-corrected chi connectivity index (χ1v) is 9.93. The quantitative estimate of drug-likeness (QED) is 0.611. The predicted octanol–water partition coefficient (Wildman–Crippen LogP) is 3.74. The van der Waals surface area contributed by atoms with Gasteiger partial charge >= 0.3 is 5.97 Å². The summed E-state index contributed by atoms with van der Waals surface area (Å²) in [6, 6.07) is 13.9. The summed E-state index contributed by atoms with van der Waals surface area (Å²) in [5, 5.41) is 19.1. The predicted molar refractivity (Wildman–Crippen MR) is 113 cm³/mol. The van der Waals surface area contributed by atoms with Crippen LogP contribution in [0.15, 0.2) is 42.5 Å². The Morgan fingerprint density at radius 2 is 1.86 bits per heavy atom. The largest absolute Gasteiger partial charge is 0.481 e. The first-order valence-electron chi connectivity index (χ1n) is 9.93. The van der Waals surface area contributed by atoms with E-state index >= 15 is 0 Å². The second-order valence-electron chi connectivity index (χ2n) is 7.40. The molecule has 6 heteroatoms. The van der Waals surface area contributed by atoms with Crippen LogP contribution in [0.4, 0.5) is 0 Å². The van der Waals surface area contributed by atoms with Gasteiger partial charge in [-0.3, -0.25) is 14.3 Å². The van der Waals surface area contributed by atoms with Gasteiger partial charge in [0.05, 0.1) is 17.2 Å². The first kappa shape index (κ1) is 20.6. The highest BCUT2D eigenvalue weighted by Crippen LogP contribution is 2.19.